The molecule has 0 spiro atoms. The van der Waals surface area contributed by atoms with Crippen LogP contribution in [0.2, 0.25) is 5.02 Å². The molecular weight excluding hydrogens is 474 g/mol. The van der Waals surface area contributed by atoms with Gasteiger partial charge < -0.3 is 19.5 Å². The summed E-state index contributed by atoms with van der Waals surface area (Å²) in [5.74, 6) is 1.69. The predicted octanol–water partition coefficient (Wildman–Crippen LogP) is 7.16. The van der Waals surface area contributed by atoms with Gasteiger partial charge in [0.2, 0.25) is 5.91 Å². The van der Waals surface area contributed by atoms with Gasteiger partial charge in [-0.05, 0) is 71.3 Å². The third kappa shape index (κ3) is 7.39. The fourth-order valence-electron chi connectivity index (χ4n) is 3.38. The van der Waals surface area contributed by atoms with Crippen LogP contribution < -0.4 is 19.5 Å². The smallest absolute Gasteiger partial charge is 0.248 e. The first-order chi connectivity index (χ1) is 17.6. The highest BCUT2D eigenvalue weighted by molar-refractivity contribution is 6.30. The molecule has 5 nitrogen and oxygen atoms in total. The van der Waals surface area contributed by atoms with Crippen molar-refractivity contribution in [1.82, 2.24) is 0 Å². The fourth-order valence-corrected chi connectivity index (χ4v) is 3.51. The van der Waals surface area contributed by atoms with Crippen molar-refractivity contribution in [1.29, 1.82) is 0 Å². The molecule has 0 radical (unpaired) electrons. The number of nitrogens with one attached hydrogen (secondary N) is 1. The summed E-state index contributed by atoms with van der Waals surface area (Å²) < 4.78 is 17.1. The van der Waals surface area contributed by atoms with Crippen molar-refractivity contribution in [3.05, 3.63) is 125 Å². The number of hydrogen-bond donors (Lipinski definition) is 1. The zero-order valence-electron chi connectivity index (χ0n) is 19.8. The summed E-state index contributed by atoms with van der Waals surface area (Å²) in [7, 11) is 1.58. The number of anilines is 1. The molecule has 0 saturated heterocycles. The number of hydrogen-bond acceptors (Lipinski definition) is 4. The summed E-state index contributed by atoms with van der Waals surface area (Å²) in [5, 5.41) is 3.53. The lowest BCUT2D eigenvalue weighted by Gasteiger charge is -2.11. The molecule has 0 aliphatic rings. The number of methoxy groups -OCH3 is 1. The lowest BCUT2D eigenvalue weighted by atomic mass is 10.2. The minimum atomic E-state index is -0.241. The molecule has 0 fully saturated rings. The van der Waals surface area contributed by atoms with Gasteiger partial charge >= 0.3 is 0 Å². The van der Waals surface area contributed by atoms with Crippen LogP contribution in [0.1, 0.15) is 16.7 Å². The van der Waals surface area contributed by atoms with Crippen LogP contribution in [0.4, 0.5) is 5.69 Å². The Balaban J connectivity index is 1.29. The van der Waals surface area contributed by atoms with Crippen LogP contribution in [0.25, 0.3) is 6.08 Å². The normalized spacial score (nSPS) is 10.7. The molecule has 0 aliphatic carbocycles. The van der Waals surface area contributed by atoms with Crippen LogP contribution in [0.5, 0.6) is 17.2 Å². The summed E-state index contributed by atoms with van der Waals surface area (Å²) in [6, 6.07) is 30.2. The Morgan fingerprint density at radius 3 is 2.22 bits per heavy atom. The predicted molar refractivity (Wildman–Crippen MR) is 144 cm³/mol. The third-order valence-electron chi connectivity index (χ3n) is 5.29. The van der Waals surface area contributed by atoms with E-state index in [1.165, 1.54) is 6.08 Å². The molecule has 36 heavy (non-hydrogen) atoms. The van der Waals surface area contributed by atoms with Crippen molar-refractivity contribution in [3.63, 3.8) is 0 Å². The van der Waals surface area contributed by atoms with Gasteiger partial charge in [-0.1, -0.05) is 60.1 Å². The van der Waals surface area contributed by atoms with Crippen molar-refractivity contribution >= 4 is 29.3 Å². The highest BCUT2D eigenvalue weighted by Crippen LogP contribution is 2.29. The van der Waals surface area contributed by atoms with Gasteiger partial charge in [0.15, 0.2) is 11.5 Å². The van der Waals surface area contributed by atoms with Gasteiger partial charge in [-0.15, -0.1) is 0 Å². The number of halogens is 1. The number of carbonyl (C=O) groups is 1. The molecule has 4 aromatic rings. The zero-order chi connectivity index (χ0) is 25.2. The first-order valence-corrected chi connectivity index (χ1v) is 11.8. The van der Waals surface area contributed by atoms with Crippen LogP contribution in [0.15, 0.2) is 103 Å². The fraction of sp³-hybridized carbons (Fsp3) is 0.100. The minimum absolute atomic E-state index is 0.241. The van der Waals surface area contributed by atoms with Gasteiger partial charge in [-0.3, -0.25) is 4.79 Å². The molecular formula is C30H26ClNO4. The van der Waals surface area contributed by atoms with E-state index >= 15 is 0 Å². The first-order valence-electron chi connectivity index (χ1n) is 11.4. The first kappa shape index (κ1) is 24.9. The average Bonchev–Trinajstić information content (AvgIpc) is 2.92. The van der Waals surface area contributed by atoms with Gasteiger partial charge in [0.25, 0.3) is 0 Å². The topological polar surface area (TPSA) is 56.8 Å². The number of rotatable bonds is 10. The highest BCUT2D eigenvalue weighted by atomic mass is 35.5. The Kier molecular flexibility index (Phi) is 8.62. The van der Waals surface area contributed by atoms with Gasteiger partial charge in [0, 0.05) is 16.8 Å². The second-order valence-corrected chi connectivity index (χ2v) is 8.38. The number of carbonyl (C=O) groups excluding carboxylic acids is 1. The molecule has 1 amide bonds. The Morgan fingerprint density at radius 2 is 1.50 bits per heavy atom. The van der Waals surface area contributed by atoms with E-state index in [0.717, 1.165) is 22.4 Å². The maximum absolute atomic E-state index is 12.4. The van der Waals surface area contributed by atoms with E-state index in [2.05, 4.69) is 5.32 Å². The van der Waals surface area contributed by atoms with Crippen molar-refractivity contribution in [2.75, 3.05) is 12.4 Å². The Hall–Kier alpha value is -4.22. The second kappa shape index (κ2) is 12.5. The molecule has 0 aliphatic heterocycles. The number of amides is 1. The third-order valence-corrected chi connectivity index (χ3v) is 5.54. The Morgan fingerprint density at radius 1 is 0.806 bits per heavy atom. The Labute approximate surface area is 215 Å². The number of ether oxygens (including phenoxy) is 3. The molecule has 0 unspecified atom stereocenters. The molecule has 0 bridgehead atoms. The second-order valence-electron chi connectivity index (χ2n) is 7.95. The van der Waals surface area contributed by atoms with E-state index in [0.29, 0.717) is 35.4 Å². The zero-order valence-corrected chi connectivity index (χ0v) is 20.6. The quantitative estimate of drug-likeness (QED) is 0.235. The van der Waals surface area contributed by atoms with Crippen molar-refractivity contribution in [2.45, 2.75) is 13.2 Å². The standard InChI is InChI=1S/C30H26ClNO4/c1-34-29-19-22(9-17-28(29)36-21-24-7-11-25(31)12-8-24)10-18-30(33)32-26-13-15-27(16-14-26)35-20-23-5-3-2-4-6-23/h2-19H,20-21H2,1H3,(H,32,33). The number of benzene rings is 4. The summed E-state index contributed by atoms with van der Waals surface area (Å²) in [6.07, 6.45) is 3.20. The maximum Gasteiger partial charge on any atom is 0.248 e. The van der Waals surface area contributed by atoms with Gasteiger partial charge in [-0.2, -0.15) is 0 Å². The van der Waals surface area contributed by atoms with E-state index in [-0.39, 0.29) is 5.91 Å². The summed E-state index contributed by atoms with van der Waals surface area (Å²) in [6.45, 7) is 0.880. The van der Waals surface area contributed by atoms with Crippen LogP contribution in [0, 0.1) is 0 Å². The van der Waals surface area contributed by atoms with Gasteiger partial charge in [0.1, 0.15) is 19.0 Å². The molecule has 1 N–H and O–H groups in total. The summed E-state index contributed by atoms with van der Waals surface area (Å²) in [5.41, 5.74) is 3.58. The van der Waals surface area contributed by atoms with E-state index in [1.807, 2.05) is 97.1 Å². The molecule has 0 aromatic heterocycles. The molecule has 6 heteroatoms. The molecule has 4 aromatic carbocycles. The van der Waals surface area contributed by atoms with E-state index in [4.69, 9.17) is 25.8 Å². The van der Waals surface area contributed by atoms with Crippen molar-refractivity contribution in [2.24, 2.45) is 0 Å². The lowest BCUT2D eigenvalue weighted by Crippen LogP contribution is -2.07. The van der Waals surface area contributed by atoms with Gasteiger partial charge in [0.05, 0.1) is 7.11 Å². The van der Waals surface area contributed by atoms with Crippen molar-refractivity contribution < 1.29 is 19.0 Å². The maximum atomic E-state index is 12.4. The van der Waals surface area contributed by atoms with Crippen LogP contribution in [0.3, 0.4) is 0 Å². The highest BCUT2D eigenvalue weighted by Gasteiger charge is 2.06. The van der Waals surface area contributed by atoms with E-state index in [1.54, 1.807) is 13.2 Å². The van der Waals surface area contributed by atoms with E-state index < -0.39 is 0 Å². The average molecular weight is 500 g/mol. The molecule has 0 atom stereocenters. The summed E-state index contributed by atoms with van der Waals surface area (Å²) >= 11 is 5.93. The van der Waals surface area contributed by atoms with Gasteiger partial charge in [-0.25, -0.2) is 0 Å². The molecule has 0 saturated carbocycles. The monoisotopic (exact) mass is 499 g/mol. The van der Waals surface area contributed by atoms with Crippen LogP contribution >= 0.6 is 11.6 Å². The lowest BCUT2D eigenvalue weighted by molar-refractivity contribution is -0.111. The minimum Gasteiger partial charge on any atom is -0.493 e. The molecule has 182 valence electrons. The van der Waals surface area contributed by atoms with Crippen molar-refractivity contribution in [3.8, 4) is 17.2 Å². The SMILES string of the molecule is COc1cc(C=CC(=O)Nc2ccc(OCc3ccccc3)cc2)ccc1OCc1ccc(Cl)cc1. The molecule has 0 heterocycles. The Bertz CT molecular complexity index is 1300. The summed E-state index contributed by atoms with van der Waals surface area (Å²) in [4.78, 5) is 12.4. The van der Waals surface area contributed by atoms with Crippen LogP contribution in [-0.2, 0) is 18.0 Å². The van der Waals surface area contributed by atoms with Crippen LogP contribution in [-0.4, -0.2) is 13.0 Å². The van der Waals surface area contributed by atoms with E-state index in [9.17, 15) is 4.79 Å². The molecule has 4 rings (SSSR count). The largest absolute Gasteiger partial charge is 0.493 e.